The van der Waals surface area contributed by atoms with Crippen LogP contribution in [-0.4, -0.2) is 23.4 Å². The number of aryl methyl sites for hydroxylation is 1. The monoisotopic (exact) mass is 246 g/mol. The molecule has 1 aliphatic heterocycles. The van der Waals surface area contributed by atoms with Gasteiger partial charge in [-0.1, -0.05) is 37.6 Å². The molecule has 0 atom stereocenters. The number of carbonyl (C=O) groups is 2. The second-order valence-corrected chi connectivity index (χ2v) is 4.59. The molecule has 1 aliphatic rings. The van der Waals surface area contributed by atoms with E-state index in [9.17, 15) is 9.59 Å². The van der Waals surface area contributed by atoms with Crippen LogP contribution in [0.2, 0.25) is 0 Å². The zero-order chi connectivity index (χ0) is 13.0. The molecule has 0 unspecified atom stereocenters. The number of hydrogen-bond donors (Lipinski definition) is 1. The Bertz CT molecular complexity index is 440. The number of benzene rings is 1. The van der Waals surface area contributed by atoms with E-state index in [4.69, 9.17) is 0 Å². The van der Waals surface area contributed by atoms with Gasteiger partial charge >= 0.3 is 6.03 Å². The predicted molar refractivity (Wildman–Crippen MR) is 69.0 cm³/mol. The Labute approximate surface area is 107 Å². The van der Waals surface area contributed by atoms with Crippen LogP contribution in [-0.2, 0) is 17.8 Å². The van der Waals surface area contributed by atoms with Crippen LogP contribution in [0.4, 0.5) is 4.79 Å². The molecule has 1 saturated heterocycles. The van der Waals surface area contributed by atoms with Gasteiger partial charge in [0.1, 0.15) is 0 Å². The summed E-state index contributed by atoms with van der Waals surface area (Å²) in [6, 6.07) is 8.02. The molecular weight excluding hydrogens is 228 g/mol. The second kappa shape index (κ2) is 5.67. The predicted octanol–water partition coefficient (Wildman–Crippen LogP) is 2.08. The van der Waals surface area contributed by atoms with Crippen molar-refractivity contribution in [2.75, 3.05) is 6.54 Å². The third-order valence-electron chi connectivity index (χ3n) is 3.08. The molecule has 0 radical (unpaired) electrons. The van der Waals surface area contributed by atoms with E-state index in [1.807, 2.05) is 0 Å². The van der Waals surface area contributed by atoms with E-state index in [0.29, 0.717) is 19.5 Å². The topological polar surface area (TPSA) is 49.4 Å². The maximum Gasteiger partial charge on any atom is 0.324 e. The van der Waals surface area contributed by atoms with E-state index >= 15 is 0 Å². The van der Waals surface area contributed by atoms with Crippen LogP contribution in [0, 0.1) is 0 Å². The van der Waals surface area contributed by atoms with E-state index in [2.05, 4.69) is 36.5 Å². The Kier molecular flexibility index (Phi) is 3.97. The van der Waals surface area contributed by atoms with Crippen LogP contribution in [0.25, 0.3) is 0 Å². The Morgan fingerprint density at radius 3 is 2.44 bits per heavy atom. The zero-order valence-corrected chi connectivity index (χ0v) is 10.6. The first-order valence-corrected chi connectivity index (χ1v) is 6.35. The van der Waals surface area contributed by atoms with Crippen LogP contribution in [0.3, 0.4) is 0 Å². The minimum atomic E-state index is -0.288. The van der Waals surface area contributed by atoms with Crippen molar-refractivity contribution in [3.63, 3.8) is 0 Å². The molecular formula is C14H18N2O2. The van der Waals surface area contributed by atoms with Gasteiger partial charge in [-0.15, -0.1) is 0 Å². The van der Waals surface area contributed by atoms with Crippen molar-refractivity contribution in [3.8, 4) is 0 Å². The van der Waals surface area contributed by atoms with Gasteiger partial charge in [-0.05, 0) is 17.5 Å². The number of imide groups is 1. The van der Waals surface area contributed by atoms with Gasteiger partial charge in [-0.25, -0.2) is 4.79 Å². The molecule has 1 fully saturated rings. The molecule has 1 aromatic rings. The largest absolute Gasteiger partial charge is 0.324 e. The van der Waals surface area contributed by atoms with Gasteiger partial charge in [-0.2, -0.15) is 0 Å². The molecule has 0 aliphatic carbocycles. The summed E-state index contributed by atoms with van der Waals surface area (Å²) in [6.07, 6.45) is 2.61. The average Bonchev–Trinajstić information content (AvgIpc) is 2.35. The Morgan fingerprint density at radius 2 is 1.83 bits per heavy atom. The van der Waals surface area contributed by atoms with Crippen molar-refractivity contribution in [1.82, 2.24) is 10.2 Å². The summed E-state index contributed by atoms with van der Waals surface area (Å²) in [5, 5.41) is 2.33. The van der Waals surface area contributed by atoms with Gasteiger partial charge in [0, 0.05) is 19.5 Å². The lowest BCUT2D eigenvalue weighted by Crippen LogP contribution is -2.48. The molecule has 2 rings (SSSR count). The normalized spacial score (nSPS) is 15.7. The lowest BCUT2D eigenvalue weighted by atomic mass is 10.1. The number of urea groups is 1. The first-order chi connectivity index (χ1) is 8.69. The summed E-state index contributed by atoms with van der Waals surface area (Å²) in [6.45, 7) is 3.22. The Morgan fingerprint density at radius 1 is 1.17 bits per heavy atom. The van der Waals surface area contributed by atoms with Gasteiger partial charge in [0.15, 0.2) is 0 Å². The van der Waals surface area contributed by atoms with Crippen molar-refractivity contribution in [1.29, 1.82) is 0 Å². The molecule has 4 heteroatoms. The molecule has 0 saturated carbocycles. The van der Waals surface area contributed by atoms with E-state index in [-0.39, 0.29) is 11.9 Å². The van der Waals surface area contributed by atoms with Crippen LogP contribution >= 0.6 is 0 Å². The molecule has 0 spiro atoms. The SMILES string of the molecule is CCCc1ccc(CN2CCC(=O)NC2=O)cc1. The average molecular weight is 246 g/mol. The highest BCUT2D eigenvalue weighted by Crippen LogP contribution is 2.11. The number of amides is 3. The molecule has 96 valence electrons. The van der Waals surface area contributed by atoms with Crippen molar-refractivity contribution in [2.24, 2.45) is 0 Å². The minimum absolute atomic E-state index is 0.186. The third-order valence-corrected chi connectivity index (χ3v) is 3.08. The maximum atomic E-state index is 11.6. The first-order valence-electron chi connectivity index (χ1n) is 6.35. The molecule has 4 nitrogen and oxygen atoms in total. The quantitative estimate of drug-likeness (QED) is 0.884. The standard InChI is InChI=1S/C14H18N2O2/c1-2-3-11-4-6-12(7-5-11)10-16-9-8-13(17)15-14(16)18/h4-7H,2-3,8-10H2,1H3,(H,15,17,18). The highest BCUT2D eigenvalue weighted by atomic mass is 16.2. The molecule has 3 amide bonds. The summed E-state index contributed by atoms with van der Waals surface area (Å²) in [5.41, 5.74) is 2.42. The molecule has 0 bridgehead atoms. The van der Waals surface area contributed by atoms with Crippen LogP contribution in [0.1, 0.15) is 30.9 Å². The lowest BCUT2D eigenvalue weighted by molar-refractivity contribution is -0.121. The molecule has 1 heterocycles. The van der Waals surface area contributed by atoms with E-state index < -0.39 is 0 Å². The molecule has 1 aromatic carbocycles. The van der Waals surface area contributed by atoms with Crippen LogP contribution in [0.15, 0.2) is 24.3 Å². The molecule has 18 heavy (non-hydrogen) atoms. The summed E-state index contributed by atoms with van der Waals surface area (Å²) in [7, 11) is 0. The fourth-order valence-corrected chi connectivity index (χ4v) is 2.07. The summed E-state index contributed by atoms with van der Waals surface area (Å²) >= 11 is 0. The van der Waals surface area contributed by atoms with E-state index in [1.54, 1.807) is 4.90 Å². The van der Waals surface area contributed by atoms with Gasteiger partial charge in [0.2, 0.25) is 5.91 Å². The number of hydrogen-bond acceptors (Lipinski definition) is 2. The van der Waals surface area contributed by atoms with Gasteiger partial charge in [0.25, 0.3) is 0 Å². The van der Waals surface area contributed by atoms with Gasteiger partial charge < -0.3 is 4.90 Å². The lowest BCUT2D eigenvalue weighted by Gasteiger charge is -2.26. The zero-order valence-electron chi connectivity index (χ0n) is 10.6. The number of rotatable bonds is 4. The third kappa shape index (κ3) is 3.09. The molecule has 0 aromatic heterocycles. The molecule has 1 N–H and O–H groups in total. The Balaban J connectivity index is 1.96. The smallest absolute Gasteiger partial charge is 0.320 e. The van der Waals surface area contributed by atoms with E-state index in [1.165, 1.54) is 5.56 Å². The van der Waals surface area contributed by atoms with Crippen LogP contribution < -0.4 is 5.32 Å². The van der Waals surface area contributed by atoms with Gasteiger partial charge in [-0.3, -0.25) is 10.1 Å². The highest BCUT2D eigenvalue weighted by molar-refractivity contribution is 5.96. The van der Waals surface area contributed by atoms with Crippen molar-refractivity contribution >= 4 is 11.9 Å². The number of carbonyl (C=O) groups excluding carboxylic acids is 2. The minimum Gasteiger partial charge on any atom is -0.320 e. The first kappa shape index (κ1) is 12.6. The maximum absolute atomic E-state index is 11.6. The van der Waals surface area contributed by atoms with Crippen molar-refractivity contribution in [2.45, 2.75) is 32.7 Å². The fraction of sp³-hybridized carbons (Fsp3) is 0.429. The second-order valence-electron chi connectivity index (χ2n) is 4.59. The van der Waals surface area contributed by atoms with Crippen molar-refractivity contribution in [3.05, 3.63) is 35.4 Å². The highest BCUT2D eigenvalue weighted by Gasteiger charge is 2.22. The summed E-state index contributed by atoms with van der Waals surface area (Å²) in [5.74, 6) is -0.186. The number of nitrogens with one attached hydrogen (secondary N) is 1. The number of nitrogens with zero attached hydrogens (tertiary/aromatic N) is 1. The van der Waals surface area contributed by atoms with Crippen LogP contribution in [0.5, 0.6) is 0 Å². The van der Waals surface area contributed by atoms with Gasteiger partial charge in [0.05, 0.1) is 0 Å². The summed E-state index contributed by atoms with van der Waals surface area (Å²) in [4.78, 5) is 24.3. The van der Waals surface area contributed by atoms with E-state index in [0.717, 1.165) is 18.4 Å². The fourth-order valence-electron chi connectivity index (χ4n) is 2.07. The van der Waals surface area contributed by atoms with Crippen molar-refractivity contribution < 1.29 is 9.59 Å². The Hall–Kier alpha value is -1.84. The summed E-state index contributed by atoms with van der Waals surface area (Å²) < 4.78 is 0.